The number of thiophene rings is 1. The van der Waals surface area contributed by atoms with Crippen LogP contribution in [-0.4, -0.2) is 33.9 Å². The van der Waals surface area contributed by atoms with Crippen molar-refractivity contribution < 1.29 is 4.79 Å². The van der Waals surface area contributed by atoms with Gasteiger partial charge < -0.3 is 4.90 Å². The van der Waals surface area contributed by atoms with Crippen molar-refractivity contribution in [3.63, 3.8) is 0 Å². The van der Waals surface area contributed by atoms with Gasteiger partial charge in [0.05, 0.1) is 0 Å². The van der Waals surface area contributed by atoms with E-state index < -0.39 is 0 Å². The second-order valence-electron chi connectivity index (χ2n) is 5.41. The fraction of sp³-hybridized carbons (Fsp3) is 0.643. The van der Waals surface area contributed by atoms with Gasteiger partial charge in [-0.3, -0.25) is 10.1 Å². The first-order valence-electron chi connectivity index (χ1n) is 6.88. The minimum absolute atomic E-state index is 0.0775. The number of carbonyl (C=O) groups excluding carboxylic acids is 1. The summed E-state index contributed by atoms with van der Waals surface area (Å²) in [6.07, 6.45) is 2.07. The number of nitrogens with one attached hydrogen (secondary N) is 1. The molecule has 2 unspecified atom stereocenters. The minimum Gasteiger partial charge on any atom is -0.318 e. The van der Waals surface area contributed by atoms with Crippen LogP contribution in [0.4, 0.5) is 0 Å². The summed E-state index contributed by atoms with van der Waals surface area (Å²) in [6.45, 7) is 4.34. The van der Waals surface area contributed by atoms with E-state index >= 15 is 0 Å². The molecular formula is C14H20N2OS2. The largest absolute Gasteiger partial charge is 0.318 e. The quantitative estimate of drug-likeness (QED) is 0.907. The van der Waals surface area contributed by atoms with Crippen LogP contribution >= 0.6 is 23.1 Å². The number of hydrogen-bond donors (Lipinski definition) is 1. The van der Waals surface area contributed by atoms with E-state index in [-0.39, 0.29) is 17.7 Å². The molecule has 0 bridgehead atoms. The van der Waals surface area contributed by atoms with Gasteiger partial charge in [-0.05, 0) is 47.9 Å². The van der Waals surface area contributed by atoms with Gasteiger partial charge in [-0.25, -0.2) is 0 Å². The molecule has 2 heterocycles. The average Bonchev–Trinajstić information content (AvgIpc) is 2.87. The molecular weight excluding hydrogens is 276 g/mol. The summed E-state index contributed by atoms with van der Waals surface area (Å²) >= 11 is 3.60. The first-order chi connectivity index (χ1) is 9.18. The third kappa shape index (κ3) is 2.32. The Morgan fingerprint density at radius 2 is 2.42 bits per heavy atom. The Morgan fingerprint density at radius 1 is 1.63 bits per heavy atom. The molecule has 1 aromatic rings. The highest BCUT2D eigenvalue weighted by atomic mass is 32.2. The maximum atomic E-state index is 12.7. The van der Waals surface area contributed by atoms with Crippen molar-refractivity contribution in [2.24, 2.45) is 0 Å². The lowest BCUT2D eigenvalue weighted by molar-refractivity contribution is -0.132. The van der Waals surface area contributed by atoms with E-state index in [2.05, 4.69) is 40.9 Å². The molecule has 2 fully saturated rings. The van der Waals surface area contributed by atoms with Gasteiger partial charge in [0.2, 0.25) is 5.91 Å². The van der Waals surface area contributed by atoms with Crippen molar-refractivity contribution in [3.05, 3.63) is 22.4 Å². The van der Waals surface area contributed by atoms with Crippen LogP contribution < -0.4 is 5.32 Å². The van der Waals surface area contributed by atoms with Gasteiger partial charge in [-0.1, -0.05) is 6.92 Å². The number of amides is 1. The molecule has 19 heavy (non-hydrogen) atoms. The van der Waals surface area contributed by atoms with Crippen LogP contribution in [0.2, 0.25) is 0 Å². The lowest BCUT2D eigenvalue weighted by Crippen LogP contribution is -2.40. The van der Waals surface area contributed by atoms with Crippen LogP contribution in [0.25, 0.3) is 0 Å². The summed E-state index contributed by atoms with van der Waals surface area (Å²) in [7, 11) is 0. The van der Waals surface area contributed by atoms with E-state index in [4.69, 9.17) is 0 Å². The molecule has 1 N–H and O–H groups in total. The predicted molar refractivity (Wildman–Crippen MR) is 81.5 cm³/mol. The zero-order valence-electron chi connectivity index (χ0n) is 11.4. The van der Waals surface area contributed by atoms with Crippen molar-refractivity contribution in [1.82, 2.24) is 10.2 Å². The summed E-state index contributed by atoms with van der Waals surface area (Å²) in [6, 6.07) is 2.42. The molecule has 1 saturated heterocycles. The van der Waals surface area contributed by atoms with Crippen molar-refractivity contribution in [3.8, 4) is 0 Å². The molecule has 5 heteroatoms. The second-order valence-corrected chi connectivity index (χ2v) is 7.51. The van der Waals surface area contributed by atoms with Gasteiger partial charge in [0, 0.05) is 11.8 Å². The van der Waals surface area contributed by atoms with Crippen molar-refractivity contribution in [2.75, 3.05) is 11.5 Å². The highest BCUT2D eigenvalue weighted by Gasteiger charge is 2.60. The molecule has 0 radical (unpaired) electrons. The molecule has 1 aliphatic carbocycles. The lowest BCUT2D eigenvalue weighted by atomic mass is 10.2. The molecule has 1 spiro atoms. The number of nitrogens with zero attached hydrogens (tertiary/aromatic N) is 1. The molecule has 1 amide bonds. The highest BCUT2D eigenvalue weighted by molar-refractivity contribution is 7.99. The summed E-state index contributed by atoms with van der Waals surface area (Å²) in [5.41, 5.74) is 1.01. The van der Waals surface area contributed by atoms with E-state index in [1.807, 2.05) is 11.8 Å². The zero-order chi connectivity index (χ0) is 13.5. The third-order valence-electron chi connectivity index (χ3n) is 3.98. The summed E-state index contributed by atoms with van der Waals surface area (Å²) in [5, 5.41) is 7.81. The predicted octanol–water partition coefficient (Wildman–Crippen LogP) is 2.85. The van der Waals surface area contributed by atoms with Gasteiger partial charge >= 0.3 is 0 Å². The van der Waals surface area contributed by atoms with Gasteiger partial charge in [0.1, 0.15) is 11.7 Å². The number of carbonyl (C=O) groups is 1. The summed E-state index contributed by atoms with van der Waals surface area (Å²) < 4.78 is 0. The molecule has 3 rings (SSSR count). The van der Waals surface area contributed by atoms with Gasteiger partial charge in [0.25, 0.3) is 0 Å². The van der Waals surface area contributed by atoms with Crippen LogP contribution in [-0.2, 0) is 4.79 Å². The molecule has 1 aromatic heterocycles. The second kappa shape index (κ2) is 5.11. The third-order valence-corrected chi connectivity index (χ3v) is 5.81. The Bertz CT molecular complexity index is 456. The normalized spacial score (nSPS) is 26.1. The van der Waals surface area contributed by atoms with E-state index in [1.165, 1.54) is 5.56 Å². The molecule has 3 nitrogen and oxygen atoms in total. The van der Waals surface area contributed by atoms with Crippen LogP contribution in [0.3, 0.4) is 0 Å². The SMILES string of the molecule is CCSCC(C)N1C(=O)C2(CC2)NC1c1ccsc1. The van der Waals surface area contributed by atoms with E-state index in [0.29, 0.717) is 5.91 Å². The van der Waals surface area contributed by atoms with E-state index in [0.717, 1.165) is 24.3 Å². The van der Waals surface area contributed by atoms with E-state index in [9.17, 15) is 4.79 Å². The Labute approximate surface area is 122 Å². The fourth-order valence-electron chi connectivity index (χ4n) is 2.74. The van der Waals surface area contributed by atoms with Gasteiger partial charge in [-0.2, -0.15) is 23.1 Å². The first kappa shape index (κ1) is 13.5. The van der Waals surface area contributed by atoms with Crippen LogP contribution in [0.15, 0.2) is 16.8 Å². The summed E-state index contributed by atoms with van der Waals surface area (Å²) in [4.78, 5) is 14.7. The smallest absolute Gasteiger partial charge is 0.244 e. The number of rotatable bonds is 5. The van der Waals surface area contributed by atoms with Crippen LogP contribution in [0, 0.1) is 0 Å². The number of thioether (sulfide) groups is 1. The molecule has 2 aliphatic rings. The Balaban J connectivity index is 1.83. The molecule has 2 atom stereocenters. The zero-order valence-corrected chi connectivity index (χ0v) is 13.0. The first-order valence-corrected chi connectivity index (χ1v) is 8.98. The van der Waals surface area contributed by atoms with Gasteiger partial charge in [-0.15, -0.1) is 0 Å². The molecule has 1 saturated carbocycles. The Morgan fingerprint density at radius 3 is 3.00 bits per heavy atom. The molecule has 104 valence electrons. The Kier molecular flexibility index (Phi) is 3.62. The van der Waals surface area contributed by atoms with Crippen molar-refractivity contribution >= 4 is 29.0 Å². The van der Waals surface area contributed by atoms with E-state index in [1.54, 1.807) is 11.3 Å². The molecule has 0 aromatic carbocycles. The number of hydrogen-bond acceptors (Lipinski definition) is 4. The lowest BCUT2D eigenvalue weighted by Gasteiger charge is -2.29. The van der Waals surface area contributed by atoms with Crippen molar-refractivity contribution in [1.29, 1.82) is 0 Å². The molecule has 1 aliphatic heterocycles. The maximum Gasteiger partial charge on any atom is 0.244 e. The van der Waals surface area contributed by atoms with Crippen LogP contribution in [0.5, 0.6) is 0 Å². The monoisotopic (exact) mass is 296 g/mol. The van der Waals surface area contributed by atoms with Gasteiger partial charge in [0.15, 0.2) is 0 Å². The fourth-order valence-corrected chi connectivity index (χ4v) is 4.15. The Hall–Kier alpha value is -0.520. The highest BCUT2D eigenvalue weighted by Crippen LogP contribution is 2.47. The topological polar surface area (TPSA) is 32.3 Å². The van der Waals surface area contributed by atoms with Crippen molar-refractivity contribution in [2.45, 2.75) is 44.4 Å². The standard InChI is InChI=1S/C14H20N2OS2/c1-3-18-8-10(2)16-12(11-4-7-19-9-11)15-14(5-6-14)13(16)17/h4,7,9-10,12,15H,3,5-6,8H2,1-2H3. The van der Waals surface area contributed by atoms with Crippen LogP contribution in [0.1, 0.15) is 38.4 Å². The minimum atomic E-state index is -0.224. The average molecular weight is 296 g/mol. The maximum absolute atomic E-state index is 12.7. The summed E-state index contributed by atoms with van der Waals surface area (Å²) in [5.74, 6) is 2.43.